The second-order valence-electron chi connectivity index (χ2n) is 8.41. The fourth-order valence-corrected chi connectivity index (χ4v) is 5.17. The Kier molecular flexibility index (Phi) is 4.78. The van der Waals surface area contributed by atoms with E-state index >= 15 is 0 Å². The van der Waals surface area contributed by atoms with Crippen LogP contribution in [0.5, 0.6) is 0 Å². The third-order valence-electron chi connectivity index (χ3n) is 7.11. The van der Waals surface area contributed by atoms with Crippen LogP contribution in [0.4, 0.5) is 5.69 Å². The van der Waals surface area contributed by atoms with Crippen LogP contribution in [0.1, 0.15) is 30.4 Å². The molecule has 0 saturated carbocycles. The van der Waals surface area contributed by atoms with Crippen molar-refractivity contribution < 1.29 is 9.84 Å². The molecule has 0 bridgehead atoms. The Morgan fingerprint density at radius 3 is 2.76 bits per heavy atom. The number of hydrogen-bond donors (Lipinski definition) is 1. The summed E-state index contributed by atoms with van der Waals surface area (Å²) < 4.78 is 5.70. The van der Waals surface area contributed by atoms with E-state index in [9.17, 15) is 5.11 Å². The van der Waals surface area contributed by atoms with Gasteiger partial charge in [0.2, 0.25) is 0 Å². The van der Waals surface area contributed by atoms with E-state index in [2.05, 4.69) is 41.8 Å². The maximum Gasteiger partial charge on any atom is 0.0513 e. The Morgan fingerprint density at radius 2 is 2.04 bits per heavy atom. The third-order valence-corrected chi connectivity index (χ3v) is 7.11. The van der Waals surface area contributed by atoms with E-state index in [4.69, 9.17) is 4.74 Å². The standard InChI is InChI=1S/C21H32N2O2/c1-16-4-3-5-20(17(16)2)22-9-6-19(7-10-22)23-12-18-13-25-11-8-21(18,14-23)15-24/h3-5,18-19,24H,6-15H2,1-2H3/t18-,21-/m1/s1. The number of fused-ring (bicyclic) bond motifs is 1. The number of aliphatic hydroxyl groups excluding tert-OH is 1. The van der Waals surface area contributed by atoms with Gasteiger partial charge in [-0.05, 0) is 50.3 Å². The van der Waals surface area contributed by atoms with Gasteiger partial charge in [0.1, 0.15) is 0 Å². The van der Waals surface area contributed by atoms with Crippen molar-refractivity contribution >= 4 is 5.69 Å². The highest BCUT2D eigenvalue weighted by Gasteiger charge is 2.49. The highest BCUT2D eigenvalue weighted by molar-refractivity contribution is 5.56. The number of piperidine rings is 1. The van der Waals surface area contributed by atoms with Crippen molar-refractivity contribution in [1.82, 2.24) is 4.90 Å². The molecule has 3 aliphatic heterocycles. The van der Waals surface area contributed by atoms with Crippen LogP contribution < -0.4 is 4.90 Å². The number of rotatable bonds is 3. The molecule has 138 valence electrons. The quantitative estimate of drug-likeness (QED) is 0.914. The second-order valence-corrected chi connectivity index (χ2v) is 8.41. The highest BCUT2D eigenvalue weighted by Crippen LogP contribution is 2.43. The van der Waals surface area contributed by atoms with Gasteiger partial charge in [-0.15, -0.1) is 0 Å². The van der Waals surface area contributed by atoms with E-state index in [1.165, 1.54) is 29.7 Å². The summed E-state index contributed by atoms with van der Waals surface area (Å²) in [6.07, 6.45) is 3.47. The van der Waals surface area contributed by atoms with E-state index in [1.807, 2.05) is 0 Å². The average Bonchev–Trinajstić information content (AvgIpc) is 3.04. The number of ether oxygens (including phenoxy) is 1. The molecule has 4 nitrogen and oxygen atoms in total. The minimum Gasteiger partial charge on any atom is -0.396 e. The summed E-state index contributed by atoms with van der Waals surface area (Å²) in [6.45, 7) is 10.9. The third kappa shape index (κ3) is 3.09. The summed E-state index contributed by atoms with van der Waals surface area (Å²) in [6, 6.07) is 7.31. The van der Waals surface area contributed by atoms with Gasteiger partial charge < -0.3 is 14.7 Å². The topological polar surface area (TPSA) is 35.9 Å². The monoisotopic (exact) mass is 344 g/mol. The van der Waals surface area contributed by atoms with Gasteiger partial charge in [-0.2, -0.15) is 0 Å². The first-order valence-electron chi connectivity index (χ1n) is 9.87. The lowest BCUT2D eigenvalue weighted by atomic mass is 9.75. The maximum absolute atomic E-state index is 10.0. The predicted octanol–water partition coefficient (Wildman–Crippen LogP) is 2.60. The van der Waals surface area contributed by atoms with Gasteiger partial charge in [0.05, 0.1) is 13.2 Å². The minimum absolute atomic E-state index is 0.0997. The van der Waals surface area contributed by atoms with Gasteiger partial charge in [0, 0.05) is 55.8 Å². The van der Waals surface area contributed by atoms with Crippen LogP contribution in [0, 0.1) is 25.2 Å². The predicted molar refractivity (Wildman–Crippen MR) is 101 cm³/mol. The van der Waals surface area contributed by atoms with Crippen molar-refractivity contribution in [3.8, 4) is 0 Å². The van der Waals surface area contributed by atoms with Crippen molar-refractivity contribution in [3.63, 3.8) is 0 Å². The van der Waals surface area contributed by atoms with Gasteiger partial charge in [0.25, 0.3) is 0 Å². The summed E-state index contributed by atoms with van der Waals surface area (Å²) in [7, 11) is 0. The molecule has 1 aromatic carbocycles. The van der Waals surface area contributed by atoms with Crippen molar-refractivity contribution in [2.45, 2.75) is 39.2 Å². The molecule has 4 rings (SSSR count). The summed E-state index contributed by atoms with van der Waals surface area (Å²) in [5.74, 6) is 0.517. The highest BCUT2D eigenvalue weighted by atomic mass is 16.5. The van der Waals surface area contributed by atoms with Crippen molar-refractivity contribution in [2.24, 2.45) is 11.3 Å². The normalized spacial score (nSPS) is 31.3. The molecule has 4 heteroatoms. The van der Waals surface area contributed by atoms with Crippen LogP contribution in [-0.2, 0) is 4.74 Å². The molecule has 3 aliphatic rings. The zero-order valence-corrected chi connectivity index (χ0v) is 15.7. The van der Waals surface area contributed by atoms with Crippen molar-refractivity contribution in [2.75, 3.05) is 50.9 Å². The molecule has 0 unspecified atom stereocenters. The van der Waals surface area contributed by atoms with Gasteiger partial charge in [-0.3, -0.25) is 4.90 Å². The summed E-state index contributed by atoms with van der Waals surface area (Å²) in [5, 5.41) is 10.0. The number of aliphatic hydroxyl groups is 1. The molecule has 1 aromatic rings. The lowest BCUT2D eigenvalue weighted by Crippen LogP contribution is -2.45. The molecule has 0 radical (unpaired) electrons. The Morgan fingerprint density at radius 1 is 1.24 bits per heavy atom. The zero-order valence-electron chi connectivity index (χ0n) is 15.7. The number of likely N-dealkylation sites (tertiary alicyclic amines) is 1. The molecule has 3 heterocycles. The van der Waals surface area contributed by atoms with Crippen LogP contribution in [0.2, 0.25) is 0 Å². The Balaban J connectivity index is 1.40. The molecule has 2 atom stereocenters. The number of hydrogen-bond acceptors (Lipinski definition) is 4. The molecular weight excluding hydrogens is 312 g/mol. The first kappa shape index (κ1) is 17.3. The average molecular weight is 344 g/mol. The number of aryl methyl sites for hydroxylation is 1. The molecule has 3 saturated heterocycles. The van der Waals surface area contributed by atoms with E-state index in [0.717, 1.165) is 45.8 Å². The van der Waals surface area contributed by atoms with Gasteiger partial charge in [-0.25, -0.2) is 0 Å². The zero-order chi connectivity index (χ0) is 17.4. The fourth-order valence-electron chi connectivity index (χ4n) is 5.17. The van der Waals surface area contributed by atoms with Crippen LogP contribution >= 0.6 is 0 Å². The largest absolute Gasteiger partial charge is 0.396 e. The van der Waals surface area contributed by atoms with Gasteiger partial charge in [0.15, 0.2) is 0 Å². The number of anilines is 1. The van der Waals surface area contributed by atoms with Crippen LogP contribution in [0.3, 0.4) is 0 Å². The smallest absolute Gasteiger partial charge is 0.0513 e. The van der Waals surface area contributed by atoms with E-state index < -0.39 is 0 Å². The van der Waals surface area contributed by atoms with Gasteiger partial charge >= 0.3 is 0 Å². The first-order chi connectivity index (χ1) is 12.1. The molecule has 0 amide bonds. The molecule has 3 fully saturated rings. The van der Waals surface area contributed by atoms with E-state index in [0.29, 0.717) is 18.6 Å². The molecule has 1 N–H and O–H groups in total. The molecule has 25 heavy (non-hydrogen) atoms. The first-order valence-corrected chi connectivity index (χ1v) is 9.87. The minimum atomic E-state index is 0.0997. The number of benzene rings is 1. The summed E-state index contributed by atoms with van der Waals surface area (Å²) in [4.78, 5) is 5.23. The van der Waals surface area contributed by atoms with Crippen LogP contribution in [0.25, 0.3) is 0 Å². The van der Waals surface area contributed by atoms with Crippen molar-refractivity contribution in [3.05, 3.63) is 29.3 Å². The fraction of sp³-hybridized carbons (Fsp3) is 0.714. The second kappa shape index (κ2) is 6.90. The lowest BCUT2D eigenvalue weighted by Gasteiger charge is -2.39. The Hall–Kier alpha value is -1.10. The SMILES string of the molecule is Cc1cccc(N2CCC(N3C[C@@H]4COCC[C@]4(CO)C3)CC2)c1C. The van der Waals surface area contributed by atoms with Crippen LogP contribution in [0.15, 0.2) is 18.2 Å². The Bertz CT molecular complexity index is 612. The van der Waals surface area contributed by atoms with E-state index in [1.54, 1.807) is 0 Å². The lowest BCUT2D eigenvalue weighted by molar-refractivity contribution is -0.0419. The van der Waals surface area contributed by atoms with Crippen molar-refractivity contribution in [1.29, 1.82) is 0 Å². The van der Waals surface area contributed by atoms with Gasteiger partial charge in [-0.1, -0.05) is 12.1 Å². The molecule has 0 aromatic heterocycles. The van der Waals surface area contributed by atoms with Crippen LogP contribution in [-0.4, -0.2) is 62.0 Å². The maximum atomic E-state index is 10.0. The number of nitrogens with zero attached hydrogens (tertiary/aromatic N) is 2. The molecular formula is C21H32N2O2. The summed E-state index contributed by atoms with van der Waals surface area (Å²) in [5.41, 5.74) is 4.31. The van der Waals surface area contributed by atoms with E-state index in [-0.39, 0.29) is 5.41 Å². The summed E-state index contributed by atoms with van der Waals surface area (Å²) >= 11 is 0. The molecule has 0 spiro atoms. The molecule has 0 aliphatic carbocycles. The Labute approximate surface area is 151 Å².